The van der Waals surface area contributed by atoms with Crippen LogP contribution in [0, 0.1) is 0 Å². The normalized spacial score (nSPS) is 13.7. The van der Waals surface area contributed by atoms with Gasteiger partial charge in [-0.05, 0) is 55.2 Å². The SMILES string of the molecule is O=C(NNS(=O)(=O)c1ccc2oc(=O)ccc2c1)c1cc2c(s1)CCC2. The first-order chi connectivity index (χ1) is 12.4. The molecular formula is C17H14N2O5S2. The van der Waals surface area contributed by atoms with E-state index in [1.807, 2.05) is 6.07 Å². The molecule has 0 radical (unpaired) electrons. The second-order valence-corrected chi connectivity index (χ2v) is 8.75. The minimum atomic E-state index is -3.96. The first-order valence-corrected chi connectivity index (χ1v) is 10.2. The highest BCUT2D eigenvalue weighted by atomic mass is 32.2. The molecule has 2 N–H and O–H groups in total. The summed E-state index contributed by atoms with van der Waals surface area (Å²) in [4.78, 5) is 27.1. The molecule has 0 aliphatic heterocycles. The highest BCUT2D eigenvalue weighted by Gasteiger charge is 2.20. The lowest BCUT2D eigenvalue weighted by molar-refractivity contribution is 0.0949. The second-order valence-electron chi connectivity index (χ2n) is 5.93. The van der Waals surface area contributed by atoms with Gasteiger partial charge in [0.15, 0.2) is 0 Å². The van der Waals surface area contributed by atoms with Gasteiger partial charge in [0.2, 0.25) is 0 Å². The summed E-state index contributed by atoms with van der Waals surface area (Å²) in [6, 6.07) is 8.58. The van der Waals surface area contributed by atoms with Crippen molar-refractivity contribution >= 4 is 38.2 Å². The Hall–Kier alpha value is -2.49. The van der Waals surface area contributed by atoms with Gasteiger partial charge in [0.05, 0.1) is 9.77 Å². The molecule has 9 heteroatoms. The first kappa shape index (κ1) is 17.0. The van der Waals surface area contributed by atoms with Crippen LogP contribution in [0.25, 0.3) is 11.0 Å². The largest absolute Gasteiger partial charge is 0.423 e. The van der Waals surface area contributed by atoms with Crippen molar-refractivity contribution in [2.45, 2.75) is 24.2 Å². The average molecular weight is 390 g/mol. The van der Waals surface area contributed by atoms with Crippen LogP contribution in [-0.2, 0) is 22.9 Å². The molecule has 3 aromatic rings. The lowest BCUT2D eigenvalue weighted by Gasteiger charge is -2.08. The summed E-state index contributed by atoms with van der Waals surface area (Å²) in [5.41, 5.74) is 3.18. The molecule has 0 unspecified atom stereocenters. The Bertz CT molecular complexity index is 1160. The molecular weight excluding hydrogens is 376 g/mol. The van der Waals surface area contributed by atoms with Gasteiger partial charge in [0.25, 0.3) is 15.9 Å². The molecule has 1 aromatic carbocycles. The second kappa shape index (κ2) is 6.35. The number of amides is 1. The average Bonchev–Trinajstić information content (AvgIpc) is 3.21. The van der Waals surface area contributed by atoms with E-state index in [9.17, 15) is 18.0 Å². The maximum Gasteiger partial charge on any atom is 0.336 e. The molecule has 0 spiro atoms. The van der Waals surface area contributed by atoms with Crippen LogP contribution in [-0.4, -0.2) is 14.3 Å². The number of rotatable bonds is 4. The first-order valence-electron chi connectivity index (χ1n) is 7.90. The van der Waals surface area contributed by atoms with Gasteiger partial charge in [-0.3, -0.25) is 10.2 Å². The number of aryl methyl sites for hydroxylation is 2. The van der Waals surface area contributed by atoms with E-state index < -0.39 is 21.6 Å². The van der Waals surface area contributed by atoms with Crippen LogP contribution in [0.3, 0.4) is 0 Å². The molecule has 1 amide bonds. The third-order valence-corrected chi connectivity index (χ3v) is 6.65. The van der Waals surface area contributed by atoms with Crippen molar-refractivity contribution in [1.82, 2.24) is 10.3 Å². The molecule has 0 saturated heterocycles. The molecule has 0 atom stereocenters. The van der Waals surface area contributed by atoms with Crippen molar-refractivity contribution in [1.29, 1.82) is 0 Å². The lowest BCUT2D eigenvalue weighted by Crippen LogP contribution is -2.41. The Kier molecular flexibility index (Phi) is 4.14. The topological polar surface area (TPSA) is 105 Å². The fourth-order valence-electron chi connectivity index (χ4n) is 2.89. The molecule has 0 fully saturated rings. The summed E-state index contributed by atoms with van der Waals surface area (Å²) >= 11 is 1.39. The number of carbonyl (C=O) groups is 1. The number of benzene rings is 1. The molecule has 2 heterocycles. The van der Waals surface area contributed by atoms with Crippen LogP contribution < -0.4 is 15.9 Å². The number of nitrogens with one attached hydrogen (secondary N) is 2. The van der Waals surface area contributed by atoms with E-state index in [2.05, 4.69) is 10.3 Å². The van der Waals surface area contributed by atoms with Crippen LogP contribution in [0.5, 0.6) is 0 Å². The third-order valence-electron chi connectivity index (χ3n) is 4.17. The zero-order chi connectivity index (χ0) is 18.3. The van der Waals surface area contributed by atoms with Crippen LogP contribution in [0.1, 0.15) is 26.5 Å². The standard InChI is InChI=1S/C17H14N2O5S2/c20-16-7-4-10-8-12(5-6-13(10)24-16)26(22,23)19-18-17(21)15-9-11-2-1-3-14(11)25-15/h4-9,19H,1-3H2,(H,18,21). The van der Waals surface area contributed by atoms with Crippen molar-refractivity contribution in [3.05, 3.63) is 62.1 Å². The van der Waals surface area contributed by atoms with Gasteiger partial charge in [-0.25, -0.2) is 13.2 Å². The van der Waals surface area contributed by atoms with Gasteiger partial charge in [-0.15, -0.1) is 16.2 Å². The summed E-state index contributed by atoms with van der Waals surface area (Å²) in [5.74, 6) is -0.486. The number of sulfonamides is 1. The number of hydrazine groups is 1. The minimum Gasteiger partial charge on any atom is -0.423 e. The number of thiophene rings is 1. The predicted octanol–water partition coefficient (Wildman–Crippen LogP) is 1.97. The lowest BCUT2D eigenvalue weighted by atomic mass is 10.2. The Morgan fingerprint density at radius 1 is 1.12 bits per heavy atom. The third kappa shape index (κ3) is 3.16. The van der Waals surface area contributed by atoms with E-state index in [4.69, 9.17) is 4.42 Å². The van der Waals surface area contributed by atoms with Crippen LogP contribution in [0.2, 0.25) is 0 Å². The summed E-state index contributed by atoms with van der Waals surface area (Å²) < 4.78 is 29.8. The van der Waals surface area contributed by atoms with E-state index in [1.54, 1.807) is 0 Å². The Morgan fingerprint density at radius 2 is 1.96 bits per heavy atom. The van der Waals surface area contributed by atoms with E-state index in [1.165, 1.54) is 52.1 Å². The highest BCUT2D eigenvalue weighted by molar-refractivity contribution is 7.89. The van der Waals surface area contributed by atoms with Crippen molar-refractivity contribution in [2.24, 2.45) is 0 Å². The van der Waals surface area contributed by atoms with E-state index in [0.29, 0.717) is 10.3 Å². The minimum absolute atomic E-state index is 0.0483. The fourth-order valence-corrected chi connectivity index (χ4v) is 4.92. The van der Waals surface area contributed by atoms with Crippen molar-refractivity contribution in [3.8, 4) is 0 Å². The maximum absolute atomic E-state index is 12.4. The van der Waals surface area contributed by atoms with E-state index >= 15 is 0 Å². The number of hydrogen-bond acceptors (Lipinski definition) is 6. The van der Waals surface area contributed by atoms with E-state index in [-0.39, 0.29) is 10.5 Å². The van der Waals surface area contributed by atoms with Crippen molar-refractivity contribution < 1.29 is 17.6 Å². The number of carbonyl (C=O) groups excluding carboxylic acids is 1. The molecule has 0 bridgehead atoms. The molecule has 4 rings (SSSR count). The smallest absolute Gasteiger partial charge is 0.336 e. The molecule has 7 nitrogen and oxygen atoms in total. The van der Waals surface area contributed by atoms with Gasteiger partial charge >= 0.3 is 5.63 Å². The van der Waals surface area contributed by atoms with Crippen LogP contribution in [0.4, 0.5) is 0 Å². The highest BCUT2D eigenvalue weighted by Crippen LogP contribution is 2.30. The quantitative estimate of drug-likeness (QED) is 0.523. The zero-order valence-corrected chi connectivity index (χ0v) is 15.1. The van der Waals surface area contributed by atoms with Gasteiger partial charge < -0.3 is 4.42 Å². The van der Waals surface area contributed by atoms with Crippen molar-refractivity contribution in [2.75, 3.05) is 0 Å². The van der Waals surface area contributed by atoms with Gasteiger partial charge in [-0.2, -0.15) is 0 Å². The molecule has 26 heavy (non-hydrogen) atoms. The number of fused-ring (bicyclic) bond motifs is 2. The molecule has 1 aliphatic rings. The molecule has 134 valence electrons. The summed E-state index contributed by atoms with van der Waals surface area (Å²) in [7, 11) is -3.96. The molecule has 0 saturated carbocycles. The summed E-state index contributed by atoms with van der Waals surface area (Å²) in [5, 5.41) is 0.466. The van der Waals surface area contributed by atoms with Crippen molar-refractivity contribution in [3.63, 3.8) is 0 Å². The van der Waals surface area contributed by atoms with Gasteiger partial charge in [0.1, 0.15) is 5.58 Å². The zero-order valence-electron chi connectivity index (χ0n) is 13.4. The summed E-state index contributed by atoms with van der Waals surface area (Å²) in [6.45, 7) is 0. The number of hydrogen-bond donors (Lipinski definition) is 2. The predicted molar refractivity (Wildman–Crippen MR) is 96.6 cm³/mol. The Labute approximate surface area is 152 Å². The Morgan fingerprint density at radius 3 is 2.77 bits per heavy atom. The summed E-state index contributed by atoms with van der Waals surface area (Å²) in [6.07, 6.45) is 3.02. The Balaban J connectivity index is 1.52. The monoisotopic (exact) mass is 390 g/mol. The van der Waals surface area contributed by atoms with Gasteiger partial charge in [-0.1, -0.05) is 0 Å². The van der Waals surface area contributed by atoms with Gasteiger partial charge in [0, 0.05) is 16.3 Å². The molecule has 2 aromatic heterocycles. The van der Waals surface area contributed by atoms with Crippen LogP contribution in [0.15, 0.2) is 50.5 Å². The molecule has 1 aliphatic carbocycles. The maximum atomic E-state index is 12.4. The fraction of sp³-hybridized carbons (Fsp3) is 0.176. The van der Waals surface area contributed by atoms with E-state index in [0.717, 1.165) is 19.3 Å². The van der Waals surface area contributed by atoms with Crippen LogP contribution >= 0.6 is 11.3 Å².